The van der Waals surface area contributed by atoms with E-state index in [9.17, 15) is 9.59 Å². The van der Waals surface area contributed by atoms with Crippen LogP contribution in [0, 0.1) is 5.92 Å². The average Bonchev–Trinajstić information content (AvgIpc) is 2.90. The Kier molecular flexibility index (Phi) is 2.30. The maximum absolute atomic E-state index is 12.4. The summed E-state index contributed by atoms with van der Waals surface area (Å²) >= 11 is 0. The average molecular weight is 267 g/mol. The molecule has 2 N–H and O–H groups in total. The molecule has 2 aromatic rings. The largest absolute Gasteiger partial charge is 0.308 e. The van der Waals surface area contributed by atoms with E-state index in [4.69, 9.17) is 0 Å². The van der Waals surface area contributed by atoms with E-state index in [1.54, 1.807) is 6.07 Å². The second-order valence-electron chi connectivity index (χ2n) is 5.31. The number of nitrogens with zero attached hydrogens (tertiary/aromatic N) is 1. The van der Waals surface area contributed by atoms with Crippen molar-refractivity contribution in [2.24, 2.45) is 5.92 Å². The minimum absolute atomic E-state index is 0.0330. The second kappa shape index (κ2) is 4.03. The molecule has 1 aromatic carbocycles. The maximum Gasteiger partial charge on any atom is 0.228 e. The molecule has 4 rings (SSSR count). The lowest BCUT2D eigenvalue weighted by molar-refractivity contribution is -0.122. The number of anilines is 1. The van der Waals surface area contributed by atoms with Crippen molar-refractivity contribution in [2.75, 3.05) is 5.32 Å². The predicted octanol–water partition coefficient (Wildman–Crippen LogP) is 2.36. The molecule has 0 radical (unpaired) electrons. The summed E-state index contributed by atoms with van der Waals surface area (Å²) in [5.74, 6) is 0.321. The van der Waals surface area contributed by atoms with Gasteiger partial charge in [-0.05, 0) is 12.8 Å². The van der Waals surface area contributed by atoms with Gasteiger partial charge in [0.05, 0.1) is 11.3 Å². The molecule has 5 heteroatoms. The number of ketones is 1. The highest BCUT2D eigenvalue weighted by Crippen LogP contribution is 2.38. The monoisotopic (exact) mass is 267 g/mol. The van der Waals surface area contributed by atoms with Gasteiger partial charge in [0.2, 0.25) is 5.91 Å². The fraction of sp³-hybridized carbons (Fsp3) is 0.267. The number of amides is 1. The van der Waals surface area contributed by atoms with Gasteiger partial charge in [-0.2, -0.15) is 5.10 Å². The molecular formula is C15H13N3O2. The maximum atomic E-state index is 12.4. The van der Waals surface area contributed by atoms with Gasteiger partial charge in [-0.3, -0.25) is 14.7 Å². The lowest BCUT2D eigenvalue weighted by Gasteiger charge is -2.23. The number of H-pyrrole nitrogens is 1. The number of rotatable bonds is 2. The molecule has 5 nitrogen and oxygen atoms in total. The van der Waals surface area contributed by atoms with E-state index in [2.05, 4.69) is 15.5 Å². The molecule has 0 unspecified atom stereocenters. The van der Waals surface area contributed by atoms with Crippen LogP contribution in [-0.4, -0.2) is 21.9 Å². The number of hydrogen-bond donors (Lipinski definition) is 2. The number of benzene rings is 1. The summed E-state index contributed by atoms with van der Waals surface area (Å²) in [6, 6.07) is 7.40. The SMILES string of the molecule is O=C1c2ccccc2-c2[nH]nc(NC(=O)C3CCC3)c21. The van der Waals surface area contributed by atoms with Crippen molar-refractivity contribution in [3.05, 3.63) is 35.4 Å². The van der Waals surface area contributed by atoms with Gasteiger partial charge in [-0.25, -0.2) is 0 Å². The van der Waals surface area contributed by atoms with E-state index >= 15 is 0 Å². The standard InChI is InChI=1S/C15H13N3O2/c19-13-10-7-2-1-6-9(10)12-11(13)14(18-17-12)16-15(20)8-4-3-5-8/h1-2,6-8H,3-5H2,(H2,16,17,18,20). The number of aromatic amines is 1. The van der Waals surface area contributed by atoms with E-state index in [1.165, 1.54) is 0 Å². The fourth-order valence-electron chi connectivity index (χ4n) is 2.77. The van der Waals surface area contributed by atoms with Gasteiger partial charge >= 0.3 is 0 Å². The second-order valence-corrected chi connectivity index (χ2v) is 5.31. The molecule has 1 saturated carbocycles. The highest BCUT2D eigenvalue weighted by molar-refractivity contribution is 6.24. The van der Waals surface area contributed by atoms with Crippen LogP contribution in [0.15, 0.2) is 24.3 Å². The van der Waals surface area contributed by atoms with Crippen molar-refractivity contribution in [1.82, 2.24) is 10.2 Å². The fourth-order valence-corrected chi connectivity index (χ4v) is 2.77. The number of nitrogens with one attached hydrogen (secondary N) is 2. The molecule has 0 atom stereocenters. The number of aromatic nitrogens is 2. The van der Waals surface area contributed by atoms with Crippen molar-refractivity contribution in [3.63, 3.8) is 0 Å². The van der Waals surface area contributed by atoms with Crippen LogP contribution in [0.3, 0.4) is 0 Å². The Balaban J connectivity index is 1.70. The van der Waals surface area contributed by atoms with Crippen LogP contribution in [0.4, 0.5) is 5.82 Å². The summed E-state index contributed by atoms with van der Waals surface area (Å²) in [5.41, 5.74) is 2.70. The van der Waals surface area contributed by atoms with Gasteiger partial charge in [0.15, 0.2) is 11.6 Å². The van der Waals surface area contributed by atoms with Crippen LogP contribution in [0.2, 0.25) is 0 Å². The van der Waals surface area contributed by atoms with Crippen molar-refractivity contribution in [1.29, 1.82) is 0 Å². The van der Waals surface area contributed by atoms with Crippen LogP contribution >= 0.6 is 0 Å². The van der Waals surface area contributed by atoms with Crippen LogP contribution in [0.25, 0.3) is 11.3 Å². The molecule has 1 aromatic heterocycles. The first-order valence-electron chi connectivity index (χ1n) is 6.79. The molecule has 0 saturated heterocycles. The Morgan fingerprint density at radius 3 is 2.70 bits per heavy atom. The van der Waals surface area contributed by atoms with Gasteiger partial charge in [0.25, 0.3) is 0 Å². The lowest BCUT2D eigenvalue weighted by atomic mass is 9.85. The topological polar surface area (TPSA) is 74.8 Å². The number of hydrogen-bond acceptors (Lipinski definition) is 3. The molecule has 0 aliphatic heterocycles. The van der Waals surface area contributed by atoms with Crippen LogP contribution < -0.4 is 5.32 Å². The van der Waals surface area contributed by atoms with E-state index < -0.39 is 0 Å². The number of carbonyl (C=O) groups is 2. The molecular weight excluding hydrogens is 254 g/mol. The van der Waals surface area contributed by atoms with Crippen molar-refractivity contribution in [3.8, 4) is 11.3 Å². The first-order chi connectivity index (χ1) is 9.75. The molecule has 0 bridgehead atoms. The highest BCUT2D eigenvalue weighted by Gasteiger charge is 2.34. The van der Waals surface area contributed by atoms with Crippen molar-refractivity contribution >= 4 is 17.5 Å². The summed E-state index contributed by atoms with van der Waals surface area (Å²) in [6.45, 7) is 0. The molecule has 0 spiro atoms. The number of carbonyl (C=O) groups excluding carboxylic acids is 2. The van der Waals surface area contributed by atoms with E-state index in [-0.39, 0.29) is 17.6 Å². The smallest absolute Gasteiger partial charge is 0.228 e. The van der Waals surface area contributed by atoms with Crippen LogP contribution in [0.1, 0.15) is 35.2 Å². The molecule has 1 fully saturated rings. The highest BCUT2D eigenvalue weighted by atomic mass is 16.2. The Morgan fingerprint density at radius 2 is 2.00 bits per heavy atom. The number of fused-ring (bicyclic) bond motifs is 3. The molecule has 1 amide bonds. The Morgan fingerprint density at radius 1 is 1.25 bits per heavy atom. The van der Waals surface area contributed by atoms with Gasteiger partial charge in [-0.15, -0.1) is 0 Å². The Hall–Kier alpha value is -2.43. The third-order valence-electron chi connectivity index (χ3n) is 4.15. The molecule has 2 aliphatic carbocycles. The van der Waals surface area contributed by atoms with Crippen molar-refractivity contribution < 1.29 is 9.59 Å². The van der Waals surface area contributed by atoms with Gasteiger partial charge in [0, 0.05) is 17.0 Å². The lowest BCUT2D eigenvalue weighted by Crippen LogP contribution is -2.28. The van der Waals surface area contributed by atoms with Crippen LogP contribution in [-0.2, 0) is 4.79 Å². The van der Waals surface area contributed by atoms with Crippen molar-refractivity contribution in [2.45, 2.75) is 19.3 Å². The third-order valence-corrected chi connectivity index (χ3v) is 4.15. The molecule has 100 valence electrons. The molecule has 2 aliphatic rings. The van der Waals surface area contributed by atoms with E-state index in [1.807, 2.05) is 18.2 Å². The minimum atomic E-state index is -0.0757. The minimum Gasteiger partial charge on any atom is -0.308 e. The molecule has 20 heavy (non-hydrogen) atoms. The van der Waals surface area contributed by atoms with Crippen LogP contribution in [0.5, 0.6) is 0 Å². The normalized spacial score (nSPS) is 16.5. The summed E-state index contributed by atoms with van der Waals surface area (Å²) < 4.78 is 0. The first-order valence-corrected chi connectivity index (χ1v) is 6.79. The van der Waals surface area contributed by atoms with Gasteiger partial charge < -0.3 is 5.32 Å². The zero-order valence-electron chi connectivity index (χ0n) is 10.8. The predicted molar refractivity (Wildman–Crippen MR) is 73.4 cm³/mol. The third kappa shape index (κ3) is 1.46. The summed E-state index contributed by atoms with van der Waals surface area (Å²) in [7, 11) is 0. The van der Waals surface area contributed by atoms with E-state index in [0.29, 0.717) is 22.6 Å². The molecule has 1 heterocycles. The Bertz CT molecular complexity index is 728. The van der Waals surface area contributed by atoms with Gasteiger partial charge in [-0.1, -0.05) is 30.7 Å². The zero-order valence-corrected chi connectivity index (χ0v) is 10.8. The summed E-state index contributed by atoms with van der Waals surface area (Å²) in [5, 5.41) is 9.75. The van der Waals surface area contributed by atoms with E-state index in [0.717, 1.165) is 24.8 Å². The first kappa shape index (κ1) is 11.4. The quantitative estimate of drug-likeness (QED) is 0.748. The summed E-state index contributed by atoms with van der Waals surface area (Å²) in [6.07, 6.45) is 2.94. The zero-order chi connectivity index (χ0) is 13.7. The Labute approximate surface area is 115 Å². The summed E-state index contributed by atoms with van der Waals surface area (Å²) in [4.78, 5) is 24.4. The van der Waals surface area contributed by atoms with Gasteiger partial charge in [0.1, 0.15) is 0 Å².